The van der Waals surface area contributed by atoms with E-state index in [0.717, 1.165) is 12.8 Å². The number of nitrogens with zero attached hydrogens (tertiary/aromatic N) is 1. The number of anilines is 1. The molecule has 1 aliphatic carbocycles. The Kier molecular flexibility index (Phi) is 6.53. The van der Waals surface area contributed by atoms with Crippen LogP contribution < -0.4 is 10.2 Å². The SMILES string of the molecule is CC(=O)c1cccc(N(CCC(=O)NC2CCCCC2)C(C)=O)c1. The molecule has 1 aromatic carbocycles. The smallest absolute Gasteiger partial charge is 0.223 e. The molecule has 2 rings (SSSR count). The molecule has 1 N–H and O–H groups in total. The van der Waals surface area contributed by atoms with Crippen LogP contribution in [0.4, 0.5) is 5.69 Å². The number of nitrogens with one attached hydrogen (secondary N) is 1. The van der Waals surface area contributed by atoms with Crippen LogP contribution in [0.1, 0.15) is 62.7 Å². The largest absolute Gasteiger partial charge is 0.353 e. The zero-order chi connectivity index (χ0) is 17.5. The lowest BCUT2D eigenvalue weighted by Crippen LogP contribution is -2.39. The standard InChI is InChI=1S/C19H26N2O3/c1-14(22)16-7-6-10-18(13-16)21(15(2)23)12-11-19(24)20-17-8-4-3-5-9-17/h6-7,10,13,17H,3-5,8-9,11-12H2,1-2H3,(H,20,24). The average molecular weight is 330 g/mol. The summed E-state index contributed by atoms with van der Waals surface area (Å²) in [7, 11) is 0. The van der Waals surface area contributed by atoms with Gasteiger partial charge in [-0.05, 0) is 31.9 Å². The lowest BCUT2D eigenvalue weighted by atomic mass is 9.95. The van der Waals surface area contributed by atoms with Crippen molar-refractivity contribution in [3.63, 3.8) is 0 Å². The van der Waals surface area contributed by atoms with Crippen molar-refractivity contribution in [2.24, 2.45) is 0 Å². The van der Waals surface area contributed by atoms with Gasteiger partial charge in [-0.15, -0.1) is 0 Å². The number of Topliss-reactive ketones (excluding diaryl/α,β-unsaturated/α-hetero) is 1. The molecule has 130 valence electrons. The molecular formula is C19H26N2O3. The summed E-state index contributed by atoms with van der Waals surface area (Å²) >= 11 is 0. The molecule has 24 heavy (non-hydrogen) atoms. The molecular weight excluding hydrogens is 304 g/mol. The third-order valence-electron chi connectivity index (χ3n) is 4.48. The van der Waals surface area contributed by atoms with Crippen molar-refractivity contribution in [2.45, 2.75) is 58.4 Å². The highest BCUT2D eigenvalue weighted by atomic mass is 16.2. The summed E-state index contributed by atoms with van der Waals surface area (Å²) in [5.74, 6) is -0.201. The van der Waals surface area contributed by atoms with Crippen molar-refractivity contribution in [1.82, 2.24) is 5.32 Å². The molecule has 0 aliphatic heterocycles. The fourth-order valence-electron chi connectivity index (χ4n) is 3.12. The summed E-state index contributed by atoms with van der Waals surface area (Å²) in [6, 6.07) is 7.23. The van der Waals surface area contributed by atoms with E-state index in [1.807, 2.05) is 0 Å². The van der Waals surface area contributed by atoms with E-state index in [2.05, 4.69) is 5.32 Å². The molecule has 5 heteroatoms. The van der Waals surface area contributed by atoms with Gasteiger partial charge >= 0.3 is 0 Å². The summed E-state index contributed by atoms with van der Waals surface area (Å²) in [6.45, 7) is 3.28. The van der Waals surface area contributed by atoms with Gasteiger partial charge in [-0.2, -0.15) is 0 Å². The average Bonchev–Trinajstić information content (AvgIpc) is 2.56. The van der Waals surface area contributed by atoms with Crippen LogP contribution in [0, 0.1) is 0 Å². The lowest BCUT2D eigenvalue weighted by molar-refractivity contribution is -0.121. The quantitative estimate of drug-likeness (QED) is 0.815. The minimum atomic E-state index is -0.138. The summed E-state index contributed by atoms with van der Waals surface area (Å²) in [5.41, 5.74) is 1.21. The Morgan fingerprint density at radius 3 is 2.46 bits per heavy atom. The fourth-order valence-corrected chi connectivity index (χ4v) is 3.12. The Hall–Kier alpha value is -2.17. The van der Waals surface area contributed by atoms with Gasteiger partial charge in [0.05, 0.1) is 0 Å². The number of amides is 2. The molecule has 2 amide bonds. The third kappa shape index (κ3) is 5.18. The third-order valence-corrected chi connectivity index (χ3v) is 4.48. The Morgan fingerprint density at radius 2 is 1.83 bits per heavy atom. The maximum Gasteiger partial charge on any atom is 0.223 e. The first kappa shape index (κ1) is 18.2. The summed E-state index contributed by atoms with van der Waals surface area (Å²) in [5, 5.41) is 3.06. The molecule has 0 atom stereocenters. The highest BCUT2D eigenvalue weighted by molar-refractivity contribution is 5.97. The van der Waals surface area contributed by atoms with Gasteiger partial charge in [0.2, 0.25) is 11.8 Å². The number of rotatable bonds is 6. The minimum absolute atomic E-state index is 0.0177. The first-order valence-corrected chi connectivity index (χ1v) is 8.66. The first-order chi connectivity index (χ1) is 11.5. The van der Waals surface area contributed by atoms with Crippen LogP contribution in [-0.4, -0.2) is 30.2 Å². The van der Waals surface area contributed by atoms with Gasteiger partial charge in [0.15, 0.2) is 5.78 Å². The Balaban J connectivity index is 1.96. The molecule has 0 aromatic heterocycles. The number of carbonyl (C=O) groups excluding carboxylic acids is 3. The molecule has 1 saturated carbocycles. The zero-order valence-electron chi connectivity index (χ0n) is 14.5. The van der Waals surface area contributed by atoms with E-state index < -0.39 is 0 Å². The van der Waals surface area contributed by atoms with E-state index in [1.165, 1.54) is 33.1 Å². The second-order valence-electron chi connectivity index (χ2n) is 6.43. The van der Waals surface area contributed by atoms with Gasteiger partial charge in [0, 0.05) is 37.2 Å². The van der Waals surface area contributed by atoms with Crippen LogP contribution in [0.3, 0.4) is 0 Å². The van der Waals surface area contributed by atoms with Gasteiger partial charge in [-0.25, -0.2) is 0 Å². The Labute approximate surface area is 143 Å². The predicted octanol–water partition coefficient (Wildman–Crippen LogP) is 3.08. The van der Waals surface area contributed by atoms with Gasteiger partial charge in [0.1, 0.15) is 0 Å². The minimum Gasteiger partial charge on any atom is -0.353 e. The van der Waals surface area contributed by atoms with E-state index in [4.69, 9.17) is 0 Å². The number of ketones is 1. The van der Waals surface area contributed by atoms with Crippen LogP contribution in [0.5, 0.6) is 0 Å². The van der Waals surface area contributed by atoms with Crippen molar-refractivity contribution in [2.75, 3.05) is 11.4 Å². The highest BCUT2D eigenvalue weighted by Gasteiger charge is 2.18. The predicted molar refractivity (Wildman–Crippen MR) is 94.1 cm³/mol. The van der Waals surface area contributed by atoms with Crippen molar-refractivity contribution in [3.8, 4) is 0 Å². The Morgan fingerprint density at radius 1 is 1.12 bits per heavy atom. The van der Waals surface area contributed by atoms with Crippen LogP contribution in [0.2, 0.25) is 0 Å². The van der Waals surface area contributed by atoms with Crippen molar-refractivity contribution < 1.29 is 14.4 Å². The maximum atomic E-state index is 12.1. The van der Waals surface area contributed by atoms with E-state index in [0.29, 0.717) is 17.8 Å². The van der Waals surface area contributed by atoms with Crippen molar-refractivity contribution in [3.05, 3.63) is 29.8 Å². The van der Waals surface area contributed by atoms with Crippen LogP contribution in [0.25, 0.3) is 0 Å². The number of hydrogen-bond donors (Lipinski definition) is 1. The molecule has 0 unspecified atom stereocenters. The van der Waals surface area contributed by atoms with Gasteiger partial charge in [-0.1, -0.05) is 31.4 Å². The zero-order valence-corrected chi connectivity index (χ0v) is 14.5. The van der Waals surface area contributed by atoms with Crippen molar-refractivity contribution >= 4 is 23.3 Å². The molecule has 0 heterocycles. The number of benzene rings is 1. The summed E-state index contributed by atoms with van der Waals surface area (Å²) < 4.78 is 0. The second kappa shape index (κ2) is 8.62. The van der Waals surface area contributed by atoms with E-state index in [9.17, 15) is 14.4 Å². The highest BCUT2D eigenvalue weighted by Crippen LogP contribution is 2.19. The fraction of sp³-hybridized carbons (Fsp3) is 0.526. The molecule has 1 aromatic rings. The molecule has 0 spiro atoms. The molecule has 1 fully saturated rings. The van der Waals surface area contributed by atoms with Crippen molar-refractivity contribution in [1.29, 1.82) is 0 Å². The lowest BCUT2D eigenvalue weighted by Gasteiger charge is -2.24. The summed E-state index contributed by atoms with van der Waals surface area (Å²) in [6.07, 6.45) is 5.94. The van der Waals surface area contributed by atoms with Crippen LogP contribution in [-0.2, 0) is 9.59 Å². The van der Waals surface area contributed by atoms with Crippen LogP contribution >= 0.6 is 0 Å². The molecule has 1 aliphatic rings. The topological polar surface area (TPSA) is 66.5 Å². The van der Waals surface area contributed by atoms with E-state index >= 15 is 0 Å². The molecule has 0 radical (unpaired) electrons. The normalized spacial score (nSPS) is 14.9. The van der Waals surface area contributed by atoms with Crippen LogP contribution in [0.15, 0.2) is 24.3 Å². The van der Waals surface area contributed by atoms with E-state index in [-0.39, 0.29) is 30.1 Å². The number of hydrogen-bond acceptors (Lipinski definition) is 3. The Bertz CT molecular complexity index is 606. The van der Waals surface area contributed by atoms with E-state index in [1.54, 1.807) is 29.2 Å². The monoisotopic (exact) mass is 330 g/mol. The maximum absolute atomic E-state index is 12.1. The molecule has 0 bridgehead atoms. The summed E-state index contributed by atoms with van der Waals surface area (Å²) in [4.78, 5) is 37.1. The first-order valence-electron chi connectivity index (χ1n) is 8.66. The second-order valence-corrected chi connectivity index (χ2v) is 6.43. The number of carbonyl (C=O) groups is 3. The molecule has 5 nitrogen and oxygen atoms in total. The molecule has 0 saturated heterocycles. The van der Waals surface area contributed by atoms with Gasteiger partial charge < -0.3 is 10.2 Å². The van der Waals surface area contributed by atoms with Gasteiger partial charge in [0.25, 0.3) is 0 Å². The van der Waals surface area contributed by atoms with Gasteiger partial charge in [-0.3, -0.25) is 14.4 Å².